The third-order valence-electron chi connectivity index (χ3n) is 10.6. The smallest absolute Gasteiger partial charge is 0.328 e. The van der Waals surface area contributed by atoms with Crippen LogP contribution in [0.25, 0.3) is 0 Å². The van der Waals surface area contributed by atoms with Crippen molar-refractivity contribution in [2.45, 2.75) is 94.9 Å². The number of rotatable bonds is 9. The zero-order chi connectivity index (χ0) is 21.2. The molecular formula is C28H52Ti+2. The summed E-state index contributed by atoms with van der Waals surface area (Å²) in [6.45, 7) is 24.8. The van der Waals surface area contributed by atoms with E-state index in [0.717, 1.165) is 71.0 Å². The van der Waals surface area contributed by atoms with Gasteiger partial charge in [-0.1, -0.05) is 82.1 Å². The van der Waals surface area contributed by atoms with E-state index in [2.05, 4.69) is 82.1 Å². The first-order chi connectivity index (χ1) is 13.1. The molecule has 10 atom stereocenters. The standard InChI is InChI=1S/C28H52.Ti/c1-17(13-11-15-27-23(7)19(3)20(4)24(27)8)18(2)14-12-16-28-25(9)21(5)22(6)26(28)10;/h13-14,17-28H,11-12,15-16H2,1-10H3;/q-2;+4. The molecule has 2 fully saturated rings. The van der Waals surface area contributed by atoms with Gasteiger partial charge < -0.3 is 12.8 Å². The minimum absolute atomic E-state index is 0. The van der Waals surface area contributed by atoms with E-state index in [-0.39, 0.29) is 21.7 Å². The summed E-state index contributed by atoms with van der Waals surface area (Å²) in [6, 6.07) is 0. The molecule has 29 heavy (non-hydrogen) atoms. The molecule has 0 aromatic rings. The van der Waals surface area contributed by atoms with Gasteiger partial charge in [-0.05, 0) is 59.2 Å². The fraction of sp³-hybridized carbons (Fsp3) is 0.929. The van der Waals surface area contributed by atoms with Crippen molar-refractivity contribution in [3.63, 3.8) is 0 Å². The Morgan fingerprint density at radius 2 is 0.724 bits per heavy atom. The summed E-state index contributed by atoms with van der Waals surface area (Å²) < 4.78 is 0. The van der Waals surface area contributed by atoms with Crippen LogP contribution in [0.2, 0.25) is 0 Å². The summed E-state index contributed by atoms with van der Waals surface area (Å²) in [5.41, 5.74) is 0. The average molecular weight is 437 g/mol. The molecule has 10 unspecified atom stereocenters. The Morgan fingerprint density at radius 1 is 0.483 bits per heavy atom. The Bertz CT molecular complexity index is 389. The summed E-state index contributed by atoms with van der Waals surface area (Å²) in [4.78, 5) is 0. The molecular weight excluding hydrogens is 384 g/mol. The Kier molecular flexibility index (Phi) is 11.6. The predicted octanol–water partition coefficient (Wildman–Crippen LogP) is 8.57. The van der Waals surface area contributed by atoms with Crippen LogP contribution in [0.3, 0.4) is 0 Å². The van der Waals surface area contributed by atoms with Crippen LogP contribution in [0.15, 0.2) is 0 Å². The van der Waals surface area contributed by atoms with Crippen LogP contribution >= 0.6 is 0 Å². The molecule has 0 aliphatic heterocycles. The first-order valence-corrected chi connectivity index (χ1v) is 12.7. The van der Waals surface area contributed by atoms with Crippen LogP contribution in [0, 0.1) is 83.9 Å². The van der Waals surface area contributed by atoms with Crippen molar-refractivity contribution in [1.29, 1.82) is 0 Å². The first kappa shape index (κ1) is 27.7. The molecule has 1 heteroatoms. The molecule has 0 aromatic heterocycles. The van der Waals surface area contributed by atoms with Crippen molar-refractivity contribution < 1.29 is 21.7 Å². The molecule has 0 spiro atoms. The zero-order valence-corrected chi connectivity index (χ0v) is 23.0. The van der Waals surface area contributed by atoms with Gasteiger partial charge in [0.1, 0.15) is 0 Å². The average Bonchev–Trinajstić information content (AvgIpc) is 2.97. The van der Waals surface area contributed by atoms with E-state index >= 15 is 0 Å². The fourth-order valence-corrected chi connectivity index (χ4v) is 7.02. The van der Waals surface area contributed by atoms with E-state index in [1.807, 2.05) is 0 Å². The molecule has 2 aliphatic rings. The third kappa shape index (κ3) is 6.37. The van der Waals surface area contributed by atoms with Gasteiger partial charge in [0.25, 0.3) is 0 Å². The molecule has 0 N–H and O–H groups in total. The Morgan fingerprint density at radius 3 is 0.966 bits per heavy atom. The largest absolute Gasteiger partial charge is 4.00 e. The van der Waals surface area contributed by atoms with Crippen molar-refractivity contribution in [3.8, 4) is 0 Å². The molecule has 2 aliphatic carbocycles. The van der Waals surface area contributed by atoms with Crippen LogP contribution in [0.1, 0.15) is 94.9 Å². The van der Waals surface area contributed by atoms with E-state index in [1.165, 1.54) is 25.7 Å². The van der Waals surface area contributed by atoms with Gasteiger partial charge in [0.05, 0.1) is 0 Å². The van der Waals surface area contributed by atoms with Crippen molar-refractivity contribution in [2.75, 3.05) is 0 Å². The van der Waals surface area contributed by atoms with E-state index in [1.54, 1.807) is 0 Å². The van der Waals surface area contributed by atoms with Gasteiger partial charge in [-0.2, -0.15) is 24.7 Å². The zero-order valence-electron chi connectivity index (χ0n) is 21.4. The van der Waals surface area contributed by atoms with Gasteiger partial charge in [-0.3, -0.25) is 0 Å². The summed E-state index contributed by atoms with van der Waals surface area (Å²) >= 11 is 0. The second kappa shape index (κ2) is 12.1. The van der Waals surface area contributed by atoms with Crippen LogP contribution in [-0.4, -0.2) is 0 Å². The SMILES string of the molecule is CC([CH-]CCC1C(C)C(C)C(C)C1C)C(C)[CH-]CCC1C(C)C(C)C(C)C1C.[Ti+4]. The molecule has 0 saturated heterocycles. The number of hydrogen-bond acceptors (Lipinski definition) is 0. The molecule has 0 nitrogen and oxygen atoms in total. The van der Waals surface area contributed by atoms with Crippen LogP contribution < -0.4 is 0 Å². The molecule has 2 saturated carbocycles. The summed E-state index contributed by atoms with van der Waals surface area (Å²) in [6.07, 6.45) is 10.7. The maximum atomic E-state index is 2.64. The minimum atomic E-state index is 0. The van der Waals surface area contributed by atoms with Gasteiger partial charge in [-0.25, -0.2) is 0 Å². The fourth-order valence-electron chi connectivity index (χ4n) is 7.02. The number of hydrogen-bond donors (Lipinski definition) is 0. The molecule has 0 radical (unpaired) electrons. The van der Waals surface area contributed by atoms with Gasteiger partial charge in [-0.15, -0.1) is 0 Å². The molecule has 2 rings (SSSR count). The summed E-state index contributed by atoms with van der Waals surface area (Å²) in [7, 11) is 0. The summed E-state index contributed by atoms with van der Waals surface area (Å²) in [5.74, 6) is 10.5. The Hall–Kier alpha value is 0.714. The van der Waals surface area contributed by atoms with Crippen LogP contribution in [-0.2, 0) is 21.7 Å². The molecule has 0 heterocycles. The van der Waals surface area contributed by atoms with Crippen LogP contribution in [0.5, 0.6) is 0 Å². The van der Waals surface area contributed by atoms with Gasteiger partial charge >= 0.3 is 21.7 Å². The van der Waals surface area contributed by atoms with Crippen molar-refractivity contribution in [3.05, 3.63) is 12.8 Å². The molecule has 166 valence electrons. The summed E-state index contributed by atoms with van der Waals surface area (Å²) in [5, 5.41) is 0. The predicted molar refractivity (Wildman–Crippen MR) is 126 cm³/mol. The Labute approximate surface area is 200 Å². The second-order valence-electron chi connectivity index (χ2n) is 11.5. The van der Waals surface area contributed by atoms with E-state index in [0.29, 0.717) is 0 Å². The quantitative estimate of drug-likeness (QED) is 0.251. The van der Waals surface area contributed by atoms with Gasteiger partial charge in [0, 0.05) is 0 Å². The monoisotopic (exact) mass is 436 g/mol. The van der Waals surface area contributed by atoms with Crippen molar-refractivity contribution in [2.24, 2.45) is 71.0 Å². The van der Waals surface area contributed by atoms with E-state index in [4.69, 9.17) is 0 Å². The topological polar surface area (TPSA) is 0 Å². The van der Waals surface area contributed by atoms with E-state index < -0.39 is 0 Å². The maximum Gasteiger partial charge on any atom is 4.00 e. The van der Waals surface area contributed by atoms with Gasteiger partial charge in [0.2, 0.25) is 0 Å². The van der Waals surface area contributed by atoms with Crippen molar-refractivity contribution in [1.82, 2.24) is 0 Å². The molecule has 0 aromatic carbocycles. The normalized spacial score (nSPS) is 44.5. The first-order valence-electron chi connectivity index (χ1n) is 12.7. The van der Waals surface area contributed by atoms with E-state index in [9.17, 15) is 0 Å². The van der Waals surface area contributed by atoms with Crippen molar-refractivity contribution >= 4 is 0 Å². The van der Waals surface area contributed by atoms with Crippen LogP contribution in [0.4, 0.5) is 0 Å². The second-order valence-corrected chi connectivity index (χ2v) is 11.5. The van der Waals surface area contributed by atoms with Gasteiger partial charge in [0.15, 0.2) is 0 Å². The third-order valence-corrected chi connectivity index (χ3v) is 10.6. The minimum Gasteiger partial charge on any atom is -0.328 e. The molecule has 0 bridgehead atoms. The molecule has 0 amide bonds. The maximum absolute atomic E-state index is 2.64. The Balaban J connectivity index is 0.00000420.